The number of nitrogens with zero attached hydrogens (tertiary/aromatic N) is 1. The van der Waals surface area contributed by atoms with E-state index in [2.05, 4.69) is 29.8 Å². The van der Waals surface area contributed by atoms with Gasteiger partial charge < -0.3 is 9.64 Å². The Kier molecular flexibility index (Phi) is 6.69. The molecule has 0 rings (SSSR count). The molecule has 0 N–H and O–H groups in total. The summed E-state index contributed by atoms with van der Waals surface area (Å²) in [5.74, 6) is 0. The molecule has 0 bridgehead atoms. The number of carbonyl (C=O) groups is 1. The summed E-state index contributed by atoms with van der Waals surface area (Å²) in [6.45, 7) is 14.8. The van der Waals surface area contributed by atoms with Gasteiger partial charge in [0.15, 0.2) is 0 Å². The molecule has 1 amide bonds. The number of carbonyl (C=O) groups excluding carboxylic acids is 1. The Bertz CT molecular complexity index is 269. The fourth-order valence-electron chi connectivity index (χ4n) is 1.37. The Morgan fingerprint density at radius 3 is 2.06 bits per heavy atom. The largest absolute Gasteiger partial charge is 0.444 e. The van der Waals surface area contributed by atoms with E-state index in [1.165, 1.54) is 0 Å². The van der Waals surface area contributed by atoms with Gasteiger partial charge in [0.25, 0.3) is 0 Å². The summed E-state index contributed by atoms with van der Waals surface area (Å²) in [5, 5.41) is 0.931. The average Bonchev–Trinajstić information content (AvgIpc) is 2.14. The maximum absolute atomic E-state index is 12.1. The van der Waals surface area contributed by atoms with Gasteiger partial charge in [-0.3, -0.25) is 0 Å². The first kappa shape index (κ1) is 17.8. The zero-order chi connectivity index (χ0) is 14.6. The van der Waals surface area contributed by atoms with Crippen molar-refractivity contribution in [2.75, 3.05) is 11.9 Å². The number of alkyl halides is 1. The van der Waals surface area contributed by atoms with Crippen LogP contribution in [0.2, 0.25) is 0 Å². The van der Waals surface area contributed by atoms with Gasteiger partial charge in [0.2, 0.25) is 0 Å². The minimum atomic E-state index is -0.435. The second-order valence-corrected chi connectivity index (χ2v) is 7.38. The molecule has 0 atom stereocenters. The average molecular weight is 322 g/mol. The number of rotatable bonds is 5. The molecule has 18 heavy (non-hydrogen) atoms. The van der Waals surface area contributed by atoms with Crippen LogP contribution in [0.3, 0.4) is 0 Å². The van der Waals surface area contributed by atoms with E-state index in [1.807, 2.05) is 34.6 Å². The molecule has 108 valence electrons. The zero-order valence-electron chi connectivity index (χ0n) is 12.8. The van der Waals surface area contributed by atoms with Gasteiger partial charge in [-0.2, -0.15) is 0 Å². The van der Waals surface area contributed by atoms with Crippen molar-refractivity contribution in [2.45, 2.75) is 66.5 Å². The van der Waals surface area contributed by atoms with Gasteiger partial charge >= 0.3 is 6.09 Å². The minimum absolute atomic E-state index is 0.158. The predicted molar refractivity (Wildman–Crippen MR) is 80.3 cm³/mol. The molecule has 0 aliphatic heterocycles. The fraction of sp³-hybridized carbons (Fsp3) is 0.929. The predicted octanol–water partition coefficient (Wildman–Crippen LogP) is 4.44. The molecule has 0 saturated heterocycles. The Morgan fingerprint density at radius 1 is 1.22 bits per heavy atom. The molecule has 3 nitrogen and oxygen atoms in total. The van der Waals surface area contributed by atoms with Crippen LogP contribution in [-0.2, 0) is 4.74 Å². The standard InChI is InChI=1S/C14H28BrNO2/c1-11(2)16(9-8-14(6,7)10-15)12(17)18-13(3,4)5/h11H,8-10H2,1-7H3. The highest BCUT2D eigenvalue weighted by molar-refractivity contribution is 9.09. The molecule has 4 heteroatoms. The molecule has 0 heterocycles. The Labute approximate surface area is 120 Å². The quantitative estimate of drug-likeness (QED) is 0.700. The smallest absolute Gasteiger partial charge is 0.410 e. The van der Waals surface area contributed by atoms with Crippen molar-refractivity contribution in [3.63, 3.8) is 0 Å². The van der Waals surface area contributed by atoms with E-state index >= 15 is 0 Å². The van der Waals surface area contributed by atoms with Gasteiger partial charge in [0.05, 0.1) is 0 Å². The van der Waals surface area contributed by atoms with Gasteiger partial charge in [-0.25, -0.2) is 4.79 Å². The van der Waals surface area contributed by atoms with Crippen molar-refractivity contribution in [1.29, 1.82) is 0 Å². The summed E-state index contributed by atoms with van der Waals surface area (Å²) in [6, 6.07) is 0.158. The van der Waals surface area contributed by atoms with Gasteiger partial charge in [-0.1, -0.05) is 29.8 Å². The first-order valence-electron chi connectivity index (χ1n) is 6.54. The monoisotopic (exact) mass is 321 g/mol. The van der Waals surface area contributed by atoms with Crippen LogP contribution in [0.25, 0.3) is 0 Å². The molecule has 0 unspecified atom stereocenters. The molecule has 0 fully saturated rings. The SMILES string of the molecule is CC(C)N(CCC(C)(C)CBr)C(=O)OC(C)(C)C. The molecule has 0 spiro atoms. The van der Waals surface area contributed by atoms with Gasteiger partial charge in [0, 0.05) is 17.9 Å². The van der Waals surface area contributed by atoms with Crippen LogP contribution < -0.4 is 0 Å². The summed E-state index contributed by atoms with van der Waals surface area (Å²) in [5.41, 5.74) is -0.246. The summed E-state index contributed by atoms with van der Waals surface area (Å²) >= 11 is 3.51. The lowest BCUT2D eigenvalue weighted by Gasteiger charge is -2.32. The van der Waals surface area contributed by atoms with Crippen LogP contribution in [0, 0.1) is 5.41 Å². The van der Waals surface area contributed by atoms with E-state index in [0.29, 0.717) is 0 Å². The normalized spacial score (nSPS) is 12.7. The van der Waals surface area contributed by atoms with E-state index in [4.69, 9.17) is 4.74 Å². The minimum Gasteiger partial charge on any atom is -0.444 e. The first-order chi connectivity index (χ1) is 7.98. The van der Waals surface area contributed by atoms with Crippen molar-refractivity contribution in [3.05, 3.63) is 0 Å². The Morgan fingerprint density at radius 2 is 1.72 bits per heavy atom. The van der Waals surface area contributed by atoms with Crippen molar-refractivity contribution in [1.82, 2.24) is 4.90 Å². The summed E-state index contributed by atoms with van der Waals surface area (Å²) in [6.07, 6.45) is 0.734. The molecule has 0 saturated carbocycles. The zero-order valence-corrected chi connectivity index (χ0v) is 14.4. The molecule has 0 aromatic rings. The van der Waals surface area contributed by atoms with Gasteiger partial charge in [0.1, 0.15) is 5.60 Å². The molecule has 0 aromatic heterocycles. The number of hydrogen-bond acceptors (Lipinski definition) is 2. The molecule has 0 aliphatic rings. The number of halogens is 1. The van der Waals surface area contributed by atoms with Crippen molar-refractivity contribution in [2.24, 2.45) is 5.41 Å². The third-order valence-corrected chi connectivity index (χ3v) is 4.16. The van der Waals surface area contributed by atoms with E-state index in [-0.39, 0.29) is 17.6 Å². The fourth-order valence-corrected chi connectivity index (χ4v) is 1.65. The molecular weight excluding hydrogens is 294 g/mol. The molecule has 0 aromatic carbocycles. The van der Waals surface area contributed by atoms with Gasteiger partial charge in [-0.15, -0.1) is 0 Å². The highest BCUT2D eigenvalue weighted by atomic mass is 79.9. The maximum atomic E-state index is 12.1. The van der Waals surface area contributed by atoms with Crippen LogP contribution in [0.5, 0.6) is 0 Å². The first-order valence-corrected chi connectivity index (χ1v) is 7.66. The van der Waals surface area contributed by atoms with Crippen molar-refractivity contribution < 1.29 is 9.53 Å². The van der Waals surface area contributed by atoms with Crippen LogP contribution in [0.1, 0.15) is 54.9 Å². The summed E-state index contributed by atoms with van der Waals surface area (Å²) < 4.78 is 5.44. The number of ether oxygens (including phenoxy) is 1. The highest BCUT2D eigenvalue weighted by Gasteiger charge is 2.26. The second kappa shape index (κ2) is 6.78. The van der Waals surface area contributed by atoms with Crippen molar-refractivity contribution >= 4 is 22.0 Å². The third-order valence-electron chi connectivity index (χ3n) is 2.64. The number of hydrogen-bond donors (Lipinski definition) is 0. The Hall–Kier alpha value is -0.250. The van der Waals surface area contributed by atoms with Crippen LogP contribution >= 0.6 is 15.9 Å². The topological polar surface area (TPSA) is 29.5 Å². The Balaban J connectivity index is 4.54. The van der Waals surface area contributed by atoms with E-state index in [0.717, 1.165) is 18.3 Å². The van der Waals surface area contributed by atoms with E-state index in [1.54, 1.807) is 4.90 Å². The lowest BCUT2D eigenvalue weighted by Crippen LogP contribution is -2.42. The van der Waals surface area contributed by atoms with Crippen LogP contribution in [-0.4, -0.2) is 34.5 Å². The summed E-state index contributed by atoms with van der Waals surface area (Å²) in [7, 11) is 0. The maximum Gasteiger partial charge on any atom is 0.410 e. The third kappa shape index (κ3) is 7.24. The molecule has 0 aliphatic carbocycles. The lowest BCUT2D eigenvalue weighted by molar-refractivity contribution is 0.0172. The molecule has 0 radical (unpaired) electrons. The molecular formula is C14H28BrNO2. The number of amides is 1. The van der Waals surface area contributed by atoms with Gasteiger partial charge in [-0.05, 0) is 46.5 Å². The second-order valence-electron chi connectivity index (χ2n) is 6.82. The lowest BCUT2D eigenvalue weighted by atomic mass is 9.92. The van der Waals surface area contributed by atoms with Crippen LogP contribution in [0.4, 0.5) is 4.79 Å². The van der Waals surface area contributed by atoms with E-state index in [9.17, 15) is 4.79 Å². The van der Waals surface area contributed by atoms with Crippen LogP contribution in [0.15, 0.2) is 0 Å². The van der Waals surface area contributed by atoms with E-state index < -0.39 is 5.60 Å². The highest BCUT2D eigenvalue weighted by Crippen LogP contribution is 2.24. The van der Waals surface area contributed by atoms with Crippen molar-refractivity contribution in [3.8, 4) is 0 Å². The summed E-state index contributed by atoms with van der Waals surface area (Å²) in [4.78, 5) is 13.9.